The molecule has 0 saturated carbocycles. The van der Waals surface area contributed by atoms with E-state index in [1.165, 1.54) is 0 Å². The lowest BCUT2D eigenvalue weighted by atomic mass is 10.1. The molecule has 2 rings (SSSR count). The van der Waals surface area contributed by atoms with Crippen LogP contribution in [0.3, 0.4) is 0 Å². The molecule has 0 saturated heterocycles. The van der Waals surface area contributed by atoms with Crippen LogP contribution in [0.15, 0.2) is 17.8 Å². The minimum Gasteiger partial charge on any atom is -0.299 e. The summed E-state index contributed by atoms with van der Waals surface area (Å²) in [4.78, 5) is 16.8. The molecule has 2 aromatic heterocycles. The first-order valence-corrected chi connectivity index (χ1v) is 6.20. The lowest BCUT2D eigenvalue weighted by molar-refractivity contribution is -0.118. The normalized spacial score (nSPS) is 11.0. The minimum absolute atomic E-state index is 0.210. The molecule has 0 fully saturated rings. The smallest absolute Gasteiger partial charge is 0.193 e. The van der Waals surface area contributed by atoms with E-state index < -0.39 is 0 Å². The van der Waals surface area contributed by atoms with Crippen molar-refractivity contribution in [3.63, 3.8) is 0 Å². The molecule has 0 bridgehead atoms. The highest BCUT2D eigenvalue weighted by atomic mass is 35.5. The molecular formula is C10H11ClN2OS. The molecule has 0 atom stereocenters. The number of hydrogen-bond acceptors (Lipinski definition) is 3. The summed E-state index contributed by atoms with van der Waals surface area (Å²) in [5.41, 5.74) is 0.849. The highest BCUT2D eigenvalue weighted by molar-refractivity contribution is 7.15. The number of imidazole rings is 1. The summed E-state index contributed by atoms with van der Waals surface area (Å²) in [6, 6.07) is 0. The van der Waals surface area contributed by atoms with Gasteiger partial charge >= 0.3 is 0 Å². The standard InChI is InChI=1S/C10H11ClN2OS/c11-3-1-2-9(14)6-8-7-13-4-5-15-10(13)12-8/h4-5,7H,1-3,6H2. The zero-order valence-electron chi connectivity index (χ0n) is 8.15. The van der Waals surface area contributed by atoms with Crippen LogP contribution in [0.2, 0.25) is 0 Å². The van der Waals surface area contributed by atoms with Gasteiger partial charge in [-0.1, -0.05) is 0 Å². The van der Waals surface area contributed by atoms with Crippen molar-refractivity contribution < 1.29 is 4.79 Å². The van der Waals surface area contributed by atoms with E-state index in [0.29, 0.717) is 18.7 Å². The van der Waals surface area contributed by atoms with E-state index in [1.807, 2.05) is 22.2 Å². The second-order valence-corrected chi connectivity index (χ2v) is 4.58. The van der Waals surface area contributed by atoms with E-state index in [2.05, 4.69) is 4.98 Å². The molecule has 0 aliphatic rings. The Bertz CT molecular complexity index is 434. The van der Waals surface area contributed by atoms with Crippen LogP contribution < -0.4 is 0 Å². The first-order chi connectivity index (χ1) is 7.29. The topological polar surface area (TPSA) is 34.4 Å². The van der Waals surface area contributed by atoms with Crippen LogP contribution in [0.4, 0.5) is 0 Å². The first kappa shape index (κ1) is 10.6. The molecule has 0 spiro atoms. The highest BCUT2D eigenvalue weighted by Gasteiger charge is 2.07. The van der Waals surface area contributed by atoms with Gasteiger partial charge in [-0.15, -0.1) is 22.9 Å². The van der Waals surface area contributed by atoms with Crippen molar-refractivity contribution >= 4 is 33.7 Å². The zero-order chi connectivity index (χ0) is 10.7. The van der Waals surface area contributed by atoms with Gasteiger partial charge in [-0.25, -0.2) is 4.98 Å². The average molecular weight is 243 g/mol. The molecule has 0 N–H and O–H groups in total. The van der Waals surface area contributed by atoms with Crippen LogP contribution >= 0.6 is 22.9 Å². The molecule has 80 valence electrons. The fourth-order valence-electron chi connectivity index (χ4n) is 1.42. The fourth-order valence-corrected chi connectivity index (χ4v) is 2.27. The van der Waals surface area contributed by atoms with E-state index in [0.717, 1.165) is 17.1 Å². The number of alkyl halides is 1. The Morgan fingerprint density at radius 3 is 3.20 bits per heavy atom. The first-order valence-electron chi connectivity index (χ1n) is 4.78. The summed E-state index contributed by atoms with van der Waals surface area (Å²) in [5.74, 6) is 0.755. The molecule has 0 aliphatic heterocycles. The predicted molar refractivity (Wildman–Crippen MR) is 61.7 cm³/mol. The number of nitrogens with zero attached hydrogens (tertiary/aromatic N) is 2. The van der Waals surface area contributed by atoms with Gasteiger partial charge in [-0.2, -0.15) is 0 Å². The van der Waals surface area contributed by atoms with Crippen molar-refractivity contribution in [1.82, 2.24) is 9.38 Å². The third kappa shape index (κ3) is 2.58. The maximum atomic E-state index is 11.5. The SMILES string of the molecule is O=C(CCCCl)Cc1cn2ccsc2n1. The number of aromatic nitrogens is 2. The zero-order valence-corrected chi connectivity index (χ0v) is 9.72. The van der Waals surface area contributed by atoms with Gasteiger partial charge < -0.3 is 0 Å². The number of thiazole rings is 1. The number of carbonyl (C=O) groups is 1. The number of ketones is 1. The van der Waals surface area contributed by atoms with Crippen molar-refractivity contribution in [2.75, 3.05) is 5.88 Å². The molecule has 2 heterocycles. The Balaban J connectivity index is 2.00. The molecular weight excluding hydrogens is 232 g/mol. The minimum atomic E-state index is 0.210. The third-order valence-electron chi connectivity index (χ3n) is 2.11. The van der Waals surface area contributed by atoms with E-state index in [-0.39, 0.29) is 5.78 Å². The lowest BCUT2D eigenvalue weighted by Gasteiger charge is -1.94. The molecule has 0 aliphatic carbocycles. The average Bonchev–Trinajstić information content (AvgIpc) is 2.74. The van der Waals surface area contributed by atoms with Crippen LogP contribution in [-0.4, -0.2) is 21.0 Å². The molecule has 15 heavy (non-hydrogen) atoms. The van der Waals surface area contributed by atoms with Gasteiger partial charge in [0.1, 0.15) is 5.78 Å². The van der Waals surface area contributed by atoms with Crippen molar-refractivity contribution in [3.8, 4) is 0 Å². The molecule has 5 heteroatoms. The van der Waals surface area contributed by atoms with Gasteiger partial charge in [-0.3, -0.25) is 9.20 Å². The van der Waals surface area contributed by atoms with E-state index in [1.54, 1.807) is 11.3 Å². The van der Waals surface area contributed by atoms with Crippen LogP contribution in [-0.2, 0) is 11.2 Å². The molecule has 0 unspecified atom stereocenters. The van der Waals surface area contributed by atoms with Crippen LogP contribution in [0, 0.1) is 0 Å². The third-order valence-corrected chi connectivity index (χ3v) is 3.15. The quantitative estimate of drug-likeness (QED) is 0.756. The molecule has 2 aromatic rings. The van der Waals surface area contributed by atoms with Gasteiger partial charge in [0.05, 0.1) is 12.1 Å². The Morgan fingerprint density at radius 2 is 2.47 bits per heavy atom. The summed E-state index contributed by atoms with van der Waals surface area (Å²) >= 11 is 7.10. The highest BCUT2D eigenvalue weighted by Crippen LogP contribution is 2.12. The van der Waals surface area contributed by atoms with E-state index >= 15 is 0 Å². The summed E-state index contributed by atoms with van der Waals surface area (Å²) in [5, 5.41) is 1.97. The number of hydrogen-bond donors (Lipinski definition) is 0. The van der Waals surface area contributed by atoms with Gasteiger partial charge in [0.15, 0.2) is 4.96 Å². The largest absolute Gasteiger partial charge is 0.299 e. The van der Waals surface area contributed by atoms with Crippen molar-refractivity contribution in [1.29, 1.82) is 0 Å². The number of fused-ring (bicyclic) bond motifs is 1. The number of Topliss-reactive ketones (excluding diaryl/α,β-unsaturated/α-hetero) is 1. The fraction of sp³-hybridized carbons (Fsp3) is 0.400. The lowest BCUT2D eigenvalue weighted by Crippen LogP contribution is -2.02. The molecule has 0 radical (unpaired) electrons. The van der Waals surface area contributed by atoms with Gasteiger partial charge in [0.2, 0.25) is 0 Å². The summed E-state index contributed by atoms with van der Waals surface area (Å²) in [7, 11) is 0. The predicted octanol–water partition coefficient (Wildman–Crippen LogP) is 2.53. The Labute approximate surface area is 96.7 Å². The van der Waals surface area contributed by atoms with Crippen LogP contribution in [0.1, 0.15) is 18.5 Å². The molecule has 3 nitrogen and oxygen atoms in total. The van der Waals surface area contributed by atoms with Crippen LogP contribution in [0.25, 0.3) is 4.96 Å². The maximum absolute atomic E-state index is 11.5. The van der Waals surface area contributed by atoms with Crippen molar-refractivity contribution in [2.45, 2.75) is 19.3 Å². The van der Waals surface area contributed by atoms with E-state index in [9.17, 15) is 4.79 Å². The Kier molecular flexibility index (Phi) is 3.38. The molecule has 0 amide bonds. The second kappa shape index (κ2) is 4.77. The number of rotatable bonds is 5. The van der Waals surface area contributed by atoms with Gasteiger partial charge in [0.25, 0.3) is 0 Å². The summed E-state index contributed by atoms with van der Waals surface area (Å²) < 4.78 is 1.94. The van der Waals surface area contributed by atoms with E-state index in [4.69, 9.17) is 11.6 Å². The van der Waals surface area contributed by atoms with Crippen molar-refractivity contribution in [3.05, 3.63) is 23.5 Å². The van der Waals surface area contributed by atoms with Crippen molar-refractivity contribution in [2.24, 2.45) is 0 Å². The summed E-state index contributed by atoms with van der Waals surface area (Å²) in [6.45, 7) is 0. The number of carbonyl (C=O) groups excluding carboxylic acids is 1. The van der Waals surface area contributed by atoms with Crippen LogP contribution in [0.5, 0.6) is 0 Å². The monoisotopic (exact) mass is 242 g/mol. The Morgan fingerprint density at radius 1 is 1.60 bits per heavy atom. The second-order valence-electron chi connectivity index (χ2n) is 3.33. The number of halogens is 1. The maximum Gasteiger partial charge on any atom is 0.193 e. The van der Waals surface area contributed by atoms with Gasteiger partial charge in [-0.05, 0) is 6.42 Å². The summed E-state index contributed by atoms with van der Waals surface area (Å²) in [6.07, 6.45) is 5.58. The Hall–Kier alpha value is -0.870. The molecule has 0 aromatic carbocycles. The van der Waals surface area contributed by atoms with Gasteiger partial charge in [0, 0.05) is 30.1 Å².